The average molecular weight is 836 g/mol. The van der Waals surface area contributed by atoms with Crippen molar-refractivity contribution in [2.75, 3.05) is 18.1 Å². The number of hydrogen-bond acceptors (Lipinski definition) is 13. The van der Waals surface area contributed by atoms with E-state index < -0.39 is 114 Å². The minimum absolute atomic E-state index is 0.0111. The number of aliphatic imine (C=N–C) groups is 1. The Bertz CT molecular complexity index is 1480. The van der Waals surface area contributed by atoms with Gasteiger partial charge in [0.2, 0.25) is 47.3 Å². The van der Waals surface area contributed by atoms with Crippen LogP contribution >= 0.6 is 25.3 Å². The maximum Gasteiger partial charge on any atom is 0.325 e. The third-order valence-electron chi connectivity index (χ3n) is 7.54. The number of carboxylic acid groups (broad SMARTS) is 2. The average Bonchev–Trinajstić information content (AvgIpc) is 3.10. The van der Waals surface area contributed by atoms with Crippen LogP contribution in [0, 0.1) is 0 Å². The lowest BCUT2D eigenvalue weighted by molar-refractivity contribution is -0.142. The van der Waals surface area contributed by atoms with Crippen molar-refractivity contribution < 1.29 is 58.2 Å². The highest BCUT2D eigenvalue weighted by Gasteiger charge is 2.32. The monoisotopic (exact) mass is 835 g/mol. The van der Waals surface area contributed by atoms with Gasteiger partial charge in [0.1, 0.15) is 48.3 Å². The van der Waals surface area contributed by atoms with E-state index >= 15 is 0 Å². The van der Waals surface area contributed by atoms with E-state index in [1.165, 1.54) is 34.6 Å². The van der Waals surface area contributed by atoms with Crippen LogP contribution in [0.15, 0.2) is 4.99 Å². The fourth-order valence-electron chi connectivity index (χ4n) is 4.36. The zero-order chi connectivity index (χ0) is 43.3. The van der Waals surface area contributed by atoms with Crippen LogP contribution in [0.5, 0.6) is 0 Å². The second-order valence-corrected chi connectivity index (χ2v) is 13.2. The van der Waals surface area contributed by atoms with Gasteiger partial charge in [-0.3, -0.25) is 52.9 Å². The molecule has 0 heterocycles. The molecule has 0 aromatic heterocycles. The molecule has 316 valence electrons. The predicted molar refractivity (Wildman–Crippen MR) is 206 cm³/mol. The number of aliphatic carboxylic acids is 2. The highest BCUT2D eigenvalue weighted by Crippen LogP contribution is 2.04. The number of guanidine groups is 1. The number of carbonyl (C=O) groups excluding carboxylic acids is 8. The summed E-state index contributed by atoms with van der Waals surface area (Å²) in [6, 6.07) is -10.3. The van der Waals surface area contributed by atoms with Crippen molar-refractivity contribution >= 4 is 90.4 Å². The molecule has 0 aliphatic rings. The summed E-state index contributed by atoms with van der Waals surface area (Å²) < 4.78 is 0. The minimum atomic E-state index is -1.42. The Morgan fingerprint density at radius 3 is 1.36 bits per heavy atom. The Morgan fingerprint density at radius 1 is 0.536 bits per heavy atom. The second kappa shape index (κ2) is 25.7. The lowest BCUT2D eigenvalue weighted by atomic mass is 10.1. The molecule has 8 atom stereocenters. The quantitative estimate of drug-likeness (QED) is 0.0177. The molecule has 0 unspecified atom stereocenters. The number of amides is 8. The fraction of sp³-hybridized carbons (Fsp3) is 0.645. The van der Waals surface area contributed by atoms with Gasteiger partial charge in [-0.25, -0.2) is 0 Å². The molecule has 0 radical (unpaired) electrons. The van der Waals surface area contributed by atoms with E-state index in [1.54, 1.807) is 0 Å². The highest BCUT2D eigenvalue weighted by atomic mass is 32.1. The standard InChI is InChI=1S/C31H53N11O12S2/c1-13(35-17(5)43)24(47)39-19(8-9-22(44)45)27(50)42-20(11-55)28(51)37-14(2)23(46)36-15(3)25(48)41-21(12-56)29(52)40-18(7-6-10-34-31(32)33)26(49)38-16(4)30(53)54/h13-16,18-21,55-56H,6-12H2,1-5H3,(H,35,43)(H,36,46)(H,37,51)(H,38,49)(H,39,47)(H,40,52)(H,41,48)(H,42,50)(H,44,45)(H,53,54)(H4,32,33,34)/t13-,14-,15-,16-,18-,19-,20-,21-/m0/s1. The fourth-order valence-corrected chi connectivity index (χ4v) is 4.88. The summed E-state index contributed by atoms with van der Waals surface area (Å²) in [5.74, 6) is -9.90. The van der Waals surface area contributed by atoms with E-state index in [1.807, 2.05) is 0 Å². The van der Waals surface area contributed by atoms with Gasteiger partial charge < -0.3 is 64.2 Å². The molecule has 23 nitrogen and oxygen atoms in total. The smallest absolute Gasteiger partial charge is 0.325 e. The van der Waals surface area contributed by atoms with Gasteiger partial charge in [0.25, 0.3) is 0 Å². The van der Waals surface area contributed by atoms with Gasteiger partial charge in [-0.05, 0) is 47.0 Å². The number of nitrogens with zero attached hydrogens (tertiary/aromatic N) is 1. The number of hydrogen-bond donors (Lipinski definition) is 14. The molecule has 0 aliphatic heterocycles. The number of carbonyl (C=O) groups is 10. The van der Waals surface area contributed by atoms with Crippen LogP contribution in [0.1, 0.15) is 60.3 Å². The first-order valence-electron chi connectivity index (χ1n) is 17.2. The molecule has 0 rings (SSSR count). The minimum Gasteiger partial charge on any atom is -0.481 e. The maximum absolute atomic E-state index is 13.1. The van der Waals surface area contributed by atoms with Crippen molar-refractivity contribution in [3.63, 3.8) is 0 Å². The zero-order valence-corrected chi connectivity index (χ0v) is 33.3. The highest BCUT2D eigenvalue weighted by molar-refractivity contribution is 7.80. The topological polar surface area (TPSA) is 372 Å². The molecular formula is C31H53N11O12S2. The molecule has 0 fully saturated rings. The predicted octanol–water partition coefficient (Wildman–Crippen LogP) is -5.17. The van der Waals surface area contributed by atoms with Gasteiger partial charge in [-0.2, -0.15) is 25.3 Å². The molecule has 56 heavy (non-hydrogen) atoms. The van der Waals surface area contributed by atoms with E-state index in [0.29, 0.717) is 0 Å². The third kappa shape index (κ3) is 19.8. The first-order chi connectivity index (χ1) is 26.0. The van der Waals surface area contributed by atoms with Crippen LogP contribution in [0.4, 0.5) is 0 Å². The Balaban J connectivity index is 5.51. The normalized spacial score (nSPS) is 14.9. The first kappa shape index (κ1) is 50.7. The van der Waals surface area contributed by atoms with E-state index in [9.17, 15) is 47.9 Å². The number of carboxylic acids is 2. The van der Waals surface area contributed by atoms with Crippen molar-refractivity contribution in [3.8, 4) is 0 Å². The van der Waals surface area contributed by atoms with Crippen LogP contribution in [-0.2, 0) is 47.9 Å². The van der Waals surface area contributed by atoms with Crippen LogP contribution in [0.2, 0.25) is 0 Å². The molecule has 0 aliphatic carbocycles. The summed E-state index contributed by atoms with van der Waals surface area (Å²) in [6.45, 7) is 6.37. The van der Waals surface area contributed by atoms with E-state index in [0.717, 1.165) is 0 Å². The summed E-state index contributed by atoms with van der Waals surface area (Å²) >= 11 is 8.16. The van der Waals surface area contributed by atoms with E-state index in [2.05, 4.69) is 72.8 Å². The SMILES string of the molecule is CC(=O)N[C@@H](C)C(=O)N[C@@H](CCC(=O)O)C(=O)N[C@@H](CS)C(=O)N[C@@H](C)C(=O)N[C@@H](C)C(=O)N[C@@H](CS)C(=O)N[C@@H](CCCN=C(N)N)C(=O)N[C@@H](C)C(=O)O. The zero-order valence-electron chi connectivity index (χ0n) is 31.5. The Kier molecular flexibility index (Phi) is 23.2. The maximum atomic E-state index is 13.1. The largest absolute Gasteiger partial charge is 0.481 e. The lowest BCUT2D eigenvalue weighted by Gasteiger charge is -2.25. The summed E-state index contributed by atoms with van der Waals surface area (Å²) in [6.07, 6.45) is -0.693. The Morgan fingerprint density at radius 2 is 0.893 bits per heavy atom. The van der Waals surface area contributed by atoms with E-state index in [4.69, 9.17) is 21.7 Å². The molecule has 0 saturated heterocycles. The lowest BCUT2D eigenvalue weighted by Crippen LogP contribution is -2.59. The Labute approximate surface area is 333 Å². The van der Waals surface area contributed by atoms with Gasteiger partial charge in [0.05, 0.1) is 0 Å². The van der Waals surface area contributed by atoms with Gasteiger partial charge in [-0.1, -0.05) is 0 Å². The van der Waals surface area contributed by atoms with Crippen LogP contribution in [0.25, 0.3) is 0 Å². The van der Waals surface area contributed by atoms with Crippen molar-refractivity contribution in [3.05, 3.63) is 0 Å². The Hall–Kier alpha value is -5.33. The molecule has 0 bridgehead atoms. The van der Waals surface area contributed by atoms with Crippen molar-refractivity contribution in [1.29, 1.82) is 0 Å². The number of nitrogens with two attached hydrogens (primary N) is 2. The van der Waals surface area contributed by atoms with Crippen molar-refractivity contribution in [2.24, 2.45) is 16.5 Å². The van der Waals surface area contributed by atoms with Crippen LogP contribution < -0.4 is 54.0 Å². The summed E-state index contributed by atoms with van der Waals surface area (Å²) in [5.41, 5.74) is 10.6. The van der Waals surface area contributed by atoms with Crippen LogP contribution in [-0.4, -0.2) is 142 Å². The summed E-state index contributed by atoms with van der Waals surface area (Å²) in [4.78, 5) is 128. The second-order valence-electron chi connectivity index (χ2n) is 12.4. The number of nitrogens with one attached hydrogen (secondary N) is 8. The van der Waals surface area contributed by atoms with Gasteiger partial charge in [-0.15, -0.1) is 0 Å². The van der Waals surface area contributed by atoms with E-state index in [-0.39, 0.29) is 43.3 Å². The van der Waals surface area contributed by atoms with Crippen molar-refractivity contribution in [2.45, 2.75) is 109 Å². The molecule has 8 amide bonds. The van der Waals surface area contributed by atoms with Crippen molar-refractivity contribution in [1.82, 2.24) is 42.5 Å². The molecule has 0 saturated carbocycles. The number of thiol groups is 2. The third-order valence-corrected chi connectivity index (χ3v) is 8.27. The van der Waals surface area contributed by atoms with Gasteiger partial charge in [0.15, 0.2) is 5.96 Å². The summed E-state index contributed by atoms with van der Waals surface area (Å²) in [7, 11) is 0. The number of rotatable bonds is 25. The molecule has 0 aromatic rings. The van der Waals surface area contributed by atoms with Gasteiger partial charge >= 0.3 is 11.9 Å². The van der Waals surface area contributed by atoms with Gasteiger partial charge in [0, 0.05) is 31.4 Å². The molecule has 0 aromatic carbocycles. The molecule has 14 N–H and O–H groups in total. The summed E-state index contributed by atoms with van der Waals surface area (Å²) in [5, 5.41) is 37.0. The molecule has 0 spiro atoms. The first-order valence-corrected chi connectivity index (χ1v) is 18.4. The molecule has 25 heteroatoms. The molecular weight excluding hydrogens is 783 g/mol. The van der Waals surface area contributed by atoms with Crippen LogP contribution in [0.3, 0.4) is 0 Å².